The molecule has 0 bridgehead atoms. The van der Waals surface area contributed by atoms with E-state index in [1.54, 1.807) is 25.1 Å². The molecule has 0 spiro atoms. The van der Waals surface area contributed by atoms with Crippen LogP contribution in [0.25, 0.3) is 6.08 Å². The minimum atomic E-state index is -0.674. The SMILES string of the molecule is COc1cc(O)c2c(c1)/C=C/CC(=O)NCCCN(C)CCCNC(=O)CCC[C@H](C)OC2=O. The summed E-state index contributed by atoms with van der Waals surface area (Å²) in [6.45, 7) is 4.63. The molecule has 2 rings (SSSR count). The van der Waals surface area contributed by atoms with Gasteiger partial charge in [0.25, 0.3) is 0 Å². The third-order valence-corrected chi connectivity index (χ3v) is 5.56. The molecule has 34 heavy (non-hydrogen) atoms. The van der Waals surface area contributed by atoms with Gasteiger partial charge in [-0.2, -0.15) is 0 Å². The number of nitrogens with zero attached hydrogens (tertiary/aromatic N) is 1. The van der Waals surface area contributed by atoms with E-state index in [4.69, 9.17) is 9.47 Å². The van der Waals surface area contributed by atoms with Crippen molar-refractivity contribution in [2.45, 2.75) is 51.6 Å². The molecule has 1 aliphatic rings. The van der Waals surface area contributed by atoms with Crippen LogP contribution in [0.1, 0.15) is 61.4 Å². The molecule has 1 aromatic rings. The lowest BCUT2D eigenvalue weighted by Crippen LogP contribution is -2.30. The molecule has 1 aliphatic heterocycles. The molecule has 0 fully saturated rings. The number of fused-ring (bicyclic) bond motifs is 1. The summed E-state index contributed by atoms with van der Waals surface area (Å²) in [5, 5.41) is 16.2. The predicted molar refractivity (Wildman–Crippen MR) is 130 cm³/mol. The zero-order chi connectivity index (χ0) is 24.9. The molecule has 1 heterocycles. The second-order valence-electron chi connectivity index (χ2n) is 8.54. The van der Waals surface area contributed by atoms with E-state index in [1.807, 2.05) is 7.05 Å². The van der Waals surface area contributed by atoms with Crippen LogP contribution >= 0.6 is 0 Å². The standard InChI is InChI=1S/C25H37N3O6/c1-18-8-4-10-22(30)26-12-6-14-28(2)15-7-13-27-23(31)11-5-9-19-16-20(33-3)17-21(29)24(19)25(32)34-18/h5,9,16-18,29H,4,6-8,10-15H2,1-3H3,(H,26,30)(H,27,31)/b9-5+/t18-/m0/s1. The molecule has 1 atom stereocenters. The summed E-state index contributed by atoms with van der Waals surface area (Å²) in [5.41, 5.74) is 0.400. The number of benzene rings is 1. The van der Waals surface area contributed by atoms with Gasteiger partial charge in [0.2, 0.25) is 11.8 Å². The number of phenolic OH excluding ortho intramolecular Hbond substituents is 1. The maximum Gasteiger partial charge on any atom is 0.342 e. The number of carbonyl (C=O) groups is 3. The lowest BCUT2D eigenvalue weighted by Gasteiger charge is -2.17. The summed E-state index contributed by atoms with van der Waals surface area (Å²) in [4.78, 5) is 39.2. The summed E-state index contributed by atoms with van der Waals surface area (Å²) in [6.07, 6.45) is 6.07. The Morgan fingerprint density at radius 2 is 1.74 bits per heavy atom. The molecule has 0 aromatic heterocycles. The molecular weight excluding hydrogens is 438 g/mol. The topological polar surface area (TPSA) is 117 Å². The molecule has 9 heteroatoms. The third kappa shape index (κ3) is 9.43. The number of rotatable bonds is 1. The normalized spacial score (nSPS) is 21.6. The molecule has 0 radical (unpaired) electrons. The largest absolute Gasteiger partial charge is 0.507 e. The average molecular weight is 476 g/mol. The zero-order valence-electron chi connectivity index (χ0n) is 20.4. The van der Waals surface area contributed by atoms with Crippen LogP contribution in [0.3, 0.4) is 0 Å². The number of hydrogen-bond donors (Lipinski definition) is 3. The third-order valence-electron chi connectivity index (χ3n) is 5.56. The van der Waals surface area contributed by atoms with Gasteiger partial charge >= 0.3 is 5.97 Å². The predicted octanol–water partition coefficient (Wildman–Crippen LogP) is 2.48. The van der Waals surface area contributed by atoms with Crippen molar-refractivity contribution in [1.82, 2.24) is 15.5 Å². The number of carbonyl (C=O) groups excluding carboxylic acids is 3. The molecule has 2 amide bonds. The van der Waals surface area contributed by atoms with Crippen molar-refractivity contribution < 1.29 is 29.0 Å². The molecule has 0 saturated heterocycles. The van der Waals surface area contributed by atoms with Crippen molar-refractivity contribution in [3.63, 3.8) is 0 Å². The van der Waals surface area contributed by atoms with Crippen LogP contribution < -0.4 is 15.4 Å². The Hall–Kier alpha value is -3.07. The van der Waals surface area contributed by atoms with Gasteiger partial charge in [0, 0.05) is 32.0 Å². The maximum absolute atomic E-state index is 12.8. The van der Waals surface area contributed by atoms with Crippen LogP contribution in [0, 0.1) is 0 Å². The van der Waals surface area contributed by atoms with Crippen LogP contribution in [0.2, 0.25) is 0 Å². The first-order valence-electron chi connectivity index (χ1n) is 11.8. The number of ether oxygens (including phenoxy) is 2. The number of phenols is 1. The summed E-state index contributed by atoms with van der Waals surface area (Å²) in [5.74, 6) is -0.714. The molecular formula is C25H37N3O6. The Labute approximate surface area is 201 Å². The Balaban J connectivity index is 2.16. The fraction of sp³-hybridized carbons (Fsp3) is 0.560. The van der Waals surface area contributed by atoms with E-state index in [-0.39, 0.29) is 29.5 Å². The second-order valence-corrected chi connectivity index (χ2v) is 8.54. The maximum atomic E-state index is 12.8. The van der Waals surface area contributed by atoms with Crippen molar-refractivity contribution in [2.75, 3.05) is 40.3 Å². The zero-order valence-corrected chi connectivity index (χ0v) is 20.4. The highest BCUT2D eigenvalue weighted by Crippen LogP contribution is 2.30. The van der Waals surface area contributed by atoms with Gasteiger partial charge in [-0.25, -0.2) is 4.79 Å². The van der Waals surface area contributed by atoms with Gasteiger partial charge in [-0.3, -0.25) is 9.59 Å². The van der Waals surface area contributed by atoms with E-state index in [0.717, 1.165) is 25.9 Å². The fourth-order valence-corrected chi connectivity index (χ4v) is 3.66. The van der Waals surface area contributed by atoms with E-state index >= 15 is 0 Å². The van der Waals surface area contributed by atoms with Crippen LogP contribution in [0.4, 0.5) is 0 Å². The lowest BCUT2D eigenvalue weighted by atomic mass is 10.0. The molecule has 0 unspecified atom stereocenters. The fourth-order valence-electron chi connectivity index (χ4n) is 3.66. The number of esters is 1. The smallest absolute Gasteiger partial charge is 0.342 e. The van der Waals surface area contributed by atoms with Crippen molar-refractivity contribution in [1.29, 1.82) is 0 Å². The Kier molecular flexibility index (Phi) is 11.4. The van der Waals surface area contributed by atoms with Crippen molar-refractivity contribution in [3.05, 3.63) is 29.3 Å². The molecule has 3 N–H and O–H groups in total. The lowest BCUT2D eigenvalue weighted by molar-refractivity contribution is -0.121. The minimum absolute atomic E-state index is 0.00669. The number of amides is 2. The quantitative estimate of drug-likeness (QED) is 0.534. The molecule has 0 aliphatic carbocycles. The summed E-state index contributed by atoms with van der Waals surface area (Å²) in [6, 6.07) is 2.95. The number of methoxy groups -OCH3 is 1. The number of cyclic esters (lactones) is 1. The summed E-state index contributed by atoms with van der Waals surface area (Å²) < 4.78 is 10.7. The molecule has 0 saturated carbocycles. The highest BCUT2D eigenvalue weighted by molar-refractivity contribution is 5.97. The van der Waals surface area contributed by atoms with Crippen molar-refractivity contribution in [2.24, 2.45) is 0 Å². The van der Waals surface area contributed by atoms with Gasteiger partial charge in [0.1, 0.15) is 17.1 Å². The van der Waals surface area contributed by atoms with Crippen molar-refractivity contribution >= 4 is 23.9 Å². The Morgan fingerprint density at radius 3 is 2.41 bits per heavy atom. The van der Waals surface area contributed by atoms with Crippen LogP contribution in [-0.2, 0) is 14.3 Å². The average Bonchev–Trinajstić information content (AvgIpc) is 2.78. The number of hydrogen-bond acceptors (Lipinski definition) is 7. The van der Waals surface area contributed by atoms with Gasteiger partial charge in [-0.05, 0) is 64.4 Å². The van der Waals surface area contributed by atoms with E-state index in [1.165, 1.54) is 13.2 Å². The monoisotopic (exact) mass is 475 g/mol. The van der Waals surface area contributed by atoms with E-state index in [9.17, 15) is 19.5 Å². The van der Waals surface area contributed by atoms with Gasteiger partial charge in [-0.1, -0.05) is 12.2 Å². The van der Waals surface area contributed by atoms with E-state index in [0.29, 0.717) is 43.7 Å². The van der Waals surface area contributed by atoms with Gasteiger partial charge in [0.15, 0.2) is 0 Å². The molecule has 188 valence electrons. The van der Waals surface area contributed by atoms with Crippen molar-refractivity contribution in [3.8, 4) is 11.5 Å². The first-order chi connectivity index (χ1) is 16.3. The second kappa shape index (κ2) is 14.2. The molecule has 1 aromatic carbocycles. The molecule has 9 nitrogen and oxygen atoms in total. The van der Waals surface area contributed by atoms with E-state index < -0.39 is 12.1 Å². The number of aromatic hydroxyl groups is 1. The van der Waals surface area contributed by atoms with Crippen LogP contribution in [0.5, 0.6) is 11.5 Å². The van der Waals surface area contributed by atoms with E-state index in [2.05, 4.69) is 15.5 Å². The van der Waals surface area contributed by atoms with Gasteiger partial charge in [-0.15, -0.1) is 0 Å². The van der Waals surface area contributed by atoms with Crippen LogP contribution in [-0.4, -0.2) is 74.2 Å². The van der Waals surface area contributed by atoms with Gasteiger partial charge < -0.3 is 30.1 Å². The summed E-state index contributed by atoms with van der Waals surface area (Å²) in [7, 11) is 3.48. The Bertz CT molecular complexity index is 870. The summed E-state index contributed by atoms with van der Waals surface area (Å²) >= 11 is 0. The highest BCUT2D eigenvalue weighted by atomic mass is 16.5. The van der Waals surface area contributed by atoms with Crippen LogP contribution in [0.15, 0.2) is 18.2 Å². The van der Waals surface area contributed by atoms with Gasteiger partial charge in [0.05, 0.1) is 13.2 Å². The highest BCUT2D eigenvalue weighted by Gasteiger charge is 2.21. The first kappa shape index (κ1) is 27.2. The minimum Gasteiger partial charge on any atom is -0.507 e. The first-order valence-corrected chi connectivity index (χ1v) is 11.8. The number of nitrogens with one attached hydrogen (secondary N) is 2. The Morgan fingerprint density at radius 1 is 1.06 bits per heavy atom.